The van der Waals surface area contributed by atoms with E-state index in [1.807, 2.05) is 0 Å². The summed E-state index contributed by atoms with van der Waals surface area (Å²) < 4.78 is 0. The second-order valence-electron chi connectivity index (χ2n) is 7.33. The van der Waals surface area contributed by atoms with E-state index in [-0.39, 0.29) is 5.41 Å². The van der Waals surface area contributed by atoms with Crippen molar-refractivity contribution < 1.29 is 0 Å². The van der Waals surface area contributed by atoms with E-state index < -0.39 is 0 Å². The van der Waals surface area contributed by atoms with Crippen molar-refractivity contribution in [3.8, 4) is 0 Å². The lowest BCUT2D eigenvalue weighted by Gasteiger charge is -2.45. The zero-order valence-electron chi connectivity index (χ0n) is 12.4. The maximum atomic E-state index is 2.50. The third-order valence-electron chi connectivity index (χ3n) is 3.73. The van der Waals surface area contributed by atoms with Crippen LogP contribution in [0.25, 0.3) is 0 Å². The van der Waals surface area contributed by atoms with Gasteiger partial charge in [-0.15, -0.1) is 0 Å². The molecule has 0 aromatic rings. The van der Waals surface area contributed by atoms with Crippen molar-refractivity contribution in [3.05, 3.63) is 11.3 Å². The molecule has 1 atom stereocenters. The third kappa shape index (κ3) is 2.61. The Morgan fingerprint density at radius 1 is 1.00 bits per heavy atom. The van der Waals surface area contributed by atoms with Crippen molar-refractivity contribution in [1.82, 2.24) is 4.90 Å². The summed E-state index contributed by atoms with van der Waals surface area (Å²) in [5, 5.41) is 0. The Labute approximate surface area is 102 Å². The Kier molecular flexibility index (Phi) is 3.47. The van der Waals surface area contributed by atoms with E-state index in [1.54, 1.807) is 11.3 Å². The molecule has 1 rings (SSSR count). The maximum absolute atomic E-state index is 2.50. The SMILES string of the molecule is CC1CCC(C(C)(C)C)=C(C(C)(C)C)N1C. The number of hydrogen-bond donors (Lipinski definition) is 0. The lowest BCUT2D eigenvalue weighted by atomic mass is 9.73. The smallest absolute Gasteiger partial charge is 0.0258 e. The van der Waals surface area contributed by atoms with E-state index in [2.05, 4.69) is 60.4 Å². The van der Waals surface area contributed by atoms with Crippen LogP contribution in [0.15, 0.2) is 11.3 Å². The van der Waals surface area contributed by atoms with Crippen LogP contribution in [0.5, 0.6) is 0 Å². The second kappa shape index (κ2) is 4.09. The molecule has 0 fully saturated rings. The quantitative estimate of drug-likeness (QED) is 0.586. The molecule has 0 spiro atoms. The van der Waals surface area contributed by atoms with E-state index in [4.69, 9.17) is 0 Å². The van der Waals surface area contributed by atoms with Gasteiger partial charge in [0.2, 0.25) is 0 Å². The van der Waals surface area contributed by atoms with Crippen LogP contribution in [-0.4, -0.2) is 18.0 Å². The maximum Gasteiger partial charge on any atom is 0.0258 e. The zero-order chi connectivity index (χ0) is 12.7. The van der Waals surface area contributed by atoms with Crippen molar-refractivity contribution in [1.29, 1.82) is 0 Å². The molecule has 16 heavy (non-hydrogen) atoms. The van der Waals surface area contributed by atoms with Gasteiger partial charge in [0.15, 0.2) is 0 Å². The molecule has 1 heteroatoms. The van der Waals surface area contributed by atoms with Gasteiger partial charge < -0.3 is 4.90 Å². The zero-order valence-corrected chi connectivity index (χ0v) is 12.4. The Morgan fingerprint density at radius 2 is 1.50 bits per heavy atom. The van der Waals surface area contributed by atoms with Crippen LogP contribution in [0.1, 0.15) is 61.3 Å². The summed E-state index contributed by atoms with van der Waals surface area (Å²) in [5.74, 6) is 0. The molecule has 0 radical (unpaired) electrons. The second-order valence-corrected chi connectivity index (χ2v) is 7.33. The van der Waals surface area contributed by atoms with Crippen molar-refractivity contribution in [2.45, 2.75) is 67.3 Å². The van der Waals surface area contributed by atoms with Crippen LogP contribution < -0.4 is 0 Å². The van der Waals surface area contributed by atoms with Gasteiger partial charge in [-0.3, -0.25) is 0 Å². The van der Waals surface area contributed by atoms with Gasteiger partial charge in [-0.1, -0.05) is 41.5 Å². The fourth-order valence-electron chi connectivity index (χ4n) is 2.81. The van der Waals surface area contributed by atoms with Crippen molar-refractivity contribution >= 4 is 0 Å². The third-order valence-corrected chi connectivity index (χ3v) is 3.73. The Balaban J connectivity index is 3.29. The molecule has 1 heterocycles. The van der Waals surface area contributed by atoms with E-state index in [9.17, 15) is 0 Å². The van der Waals surface area contributed by atoms with Crippen molar-refractivity contribution in [2.75, 3.05) is 7.05 Å². The molecule has 0 saturated heterocycles. The lowest BCUT2D eigenvalue weighted by Crippen LogP contribution is -2.40. The van der Waals surface area contributed by atoms with Gasteiger partial charge in [0.05, 0.1) is 0 Å². The average Bonchev–Trinajstić information content (AvgIpc) is 2.05. The van der Waals surface area contributed by atoms with Crippen molar-refractivity contribution in [3.63, 3.8) is 0 Å². The van der Waals surface area contributed by atoms with E-state index >= 15 is 0 Å². The Hall–Kier alpha value is -0.460. The number of allylic oxidation sites excluding steroid dienone is 2. The van der Waals surface area contributed by atoms with E-state index in [1.165, 1.54) is 12.8 Å². The van der Waals surface area contributed by atoms with Crippen molar-refractivity contribution in [2.24, 2.45) is 10.8 Å². The molecular formula is C15H29N. The van der Waals surface area contributed by atoms with Crippen LogP contribution in [0.3, 0.4) is 0 Å². The fraction of sp³-hybridized carbons (Fsp3) is 0.867. The average molecular weight is 223 g/mol. The highest BCUT2D eigenvalue weighted by Crippen LogP contribution is 2.43. The van der Waals surface area contributed by atoms with E-state index in [0.29, 0.717) is 11.5 Å². The monoisotopic (exact) mass is 223 g/mol. The number of hydrogen-bond acceptors (Lipinski definition) is 1. The summed E-state index contributed by atoms with van der Waals surface area (Å²) in [5.41, 5.74) is 3.78. The molecule has 0 aromatic carbocycles. The summed E-state index contributed by atoms with van der Waals surface area (Å²) >= 11 is 0. The van der Waals surface area contributed by atoms with Crippen LogP contribution in [0, 0.1) is 10.8 Å². The highest BCUT2D eigenvalue weighted by molar-refractivity contribution is 5.26. The van der Waals surface area contributed by atoms with Gasteiger partial charge in [0.1, 0.15) is 0 Å². The molecule has 0 saturated carbocycles. The molecule has 94 valence electrons. The molecule has 0 amide bonds. The van der Waals surface area contributed by atoms with Gasteiger partial charge in [-0.2, -0.15) is 0 Å². The summed E-state index contributed by atoms with van der Waals surface area (Å²) in [7, 11) is 2.26. The molecule has 1 aliphatic heterocycles. The molecule has 1 aliphatic rings. The van der Waals surface area contributed by atoms with Crippen LogP contribution in [0.4, 0.5) is 0 Å². The number of rotatable bonds is 0. The predicted octanol–water partition coefficient (Wildman–Crippen LogP) is 4.45. The lowest BCUT2D eigenvalue weighted by molar-refractivity contribution is 0.205. The number of nitrogens with zero attached hydrogens (tertiary/aromatic N) is 1. The minimum atomic E-state index is 0.256. The Bertz CT molecular complexity index is 286. The van der Waals surface area contributed by atoms with Gasteiger partial charge in [0.25, 0.3) is 0 Å². The standard InChI is InChI=1S/C15H29N/c1-11-9-10-12(14(2,3)4)13(16(11)8)15(5,6)7/h11H,9-10H2,1-8H3. The van der Waals surface area contributed by atoms with Gasteiger partial charge in [-0.25, -0.2) is 0 Å². The molecular weight excluding hydrogens is 194 g/mol. The van der Waals surface area contributed by atoms with Crippen LogP contribution in [0.2, 0.25) is 0 Å². The highest BCUT2D eigenvalue weighted by atomic mass is 15.2. The van der Waals surface area contributed by atoms with Crippen LogP contribution >= 0.6 is 0 Å². The highest BCUT2D eigenvalue weighted by Gasteiger charge is 2.34. The first-order valence-corrected chi connectivity index (χ1v) is 6.52. The first-order valence-electron chi connectivity index (χ1n) is 6.52. The normalized spacial score (nSPS) is 24.0. The minimum absolute atomic E-state index is 0.256. The van der Waals surface area contributed by atoms with E-state index in [0.717, 1.165) is 0 Å². The Morgan fingerprint density at radius 3 is 1.88 bits per heavy atom. The molecule has 1 nitrogen and oxygen atoms in total. The molecule has 0 aliphatic carbocycles. The topological polar surface area (TPSA) is 3.24 Å². The first-order chi connectivity index (χ1) is 7.05. The van der Waals surface area contributed by atoms with Gasteiger partial charge in [0, 0.05) is 24.2 Å². The minimum Gasteiger partial charge on any atom is -0.375 e. The van der Waals surface area contributed by atoms with Crippen LogP contribution in [-0.2, 0) is 0 Å². The molecule has 0 N–H and O–H groups in total. The summed E-state index contributed by atoms with van der Waals surface area (Å²) in [6, 6.07) is 0.681. The fourth-order valence-corrected chi connectivity index (χ4v) is 2.81. The molecule has 0 bridgehead atoms. The van der Waals surface area contributed by atoms with Gasteiger partial charge >= 0.3 is 0 Å². The largest absolute Gasteiger partial charge is 0.375 e. The summed E-state index contributed by atoms with van der Waals surface area (Å²) in [4.78, 5) is 2.50. The predicted molar refractivity (Wildman–Crippen MR) is 72.4 cm³/mol. The first kappa shape index (κ1) is 13.6. The summed E-state index contributed by atoms with van der Waals surface area (Å²) in [6.45, 7) is 16.4. The summed E-state index contributed by atoms with van der Waals surface area (Å²) in [6.07, 6.45) is 2.56. The van der Waals surface area contributed by atoms with Gasteiger partial charge in [-0.05, 0) is 30.8 Å². The molecule has 0 aromatic heterocycles. The molecule has 1 unspecified atom stereocenters.